The highest BCUT2D eigenvalue weighted by Crippen LogP contribution is 2.18. The molecule has 9 nitrogen and oxygen atoms in total. The molecule has 9 heteroatoms. The van der Waals surface area contributed by atoms with Crippen molar-refractivity contribution >= 4 is 17.4 Å². The topological polar surface area (TPSA) is 129 Å². The van der Waals surface area contributed by atoms with Gasteiger partial charge in [-0.3, -0.25) is 19.1 Å². The monoisotopic (exact) mass is 419 g/mol. The molecule has 0 radical (unpaired) electrons. The van der Waals surface area contributed by atoms with Gasteiger partial charge in [-0.2, -0.15) is 5.26 Å². The van der Waals surface area contributed by atoms with Crippen LogP contribution in [0.25, 0.3) is 0 Å². The van der Waals surface area contributed by atoms with Crippen molar-refractivity contribution in [2.24, 2.45) is 0 Å². The van der Waals surface area contributed by atoms with Gasteiger partial charge in [0.05, 0.1) is 24.8 Å². The molecule has 3 N–H and O–H groups in total. The Labute approximate surface area is 177 Å². The number of carbonyl (C=O) groups is 1. The van der Waals surface area contributed by atoms with Crippen molar-refractivity contribution in [3.05, 3.63) is 92.1 Å². The van der Waals surface area contributed by atoms with Crippen LogP contribution in [0, 0.1) is 11.3 Å². The van der Waals surface area contributed by atoms with E-state index in [1.165, 1.54) is 35.9 Å². The van der Waals surface area contributed by atoms with Crippen molar-refractivity contribution in [1.29, 1.82) is 5.26 Å². The molecule has 3 rings (SSSR count). The number of H-pyrrole nitrogens is 1. The maximum absolute atomic E-state index is 12.8. The highest BCUT2D eigenvalue weighted by atomic mass is 16.5. The number of anilines is 2. The molecule has 31 heavy (non-hydrogen) atoms. The highest BCUT2D eigenvalue weighted by molar-refractivity contribution is 6.05. The molecule has 0 spiro atoms. The van der Waals surface area contributed by atoms with Gasteiger partial charge in [0.25, 0.3) is 11.5 Å². The van der Waals surface area contributed by atoms with Gasteiger partial charge in [-0.1, -0.05) is 30.3 Å². The molecule has 0 fully saturated rings. The zero-order chi connectivity index (χ0) is 22.2. The predicted molar refractivity (Wildman–Crippen MR) is 116 cm³/mol. The van der Waals surface area contributed by atoms with E-state index in [-0.39, 0.29) is 30.2 Å². The summed E-state index contributed by atoms with van der Waals surface area (Å²) in [7, 11) is 1.49. The second-order valence-corrected chi connectivity index (χ2v) is 6.61. The Morgan fingerprint density at radius 1 is 1.13 bits per heavy atom. The largest absolute Gasteiger partial charge is 0.383 e. The number of hydrogen-bond donors (Lipinski definition) is 3. The van der Waals surface area contributed by atoms with Gasteiger partial charge in [-0.25, -0.2) is 4.79 Å². The van der Waals surface area contributed by atoms with Crippen molar-refractivity contribution < 1.29 is 9.53 Å². The maximum Gasteiger partial charge on any atom is 0.330 e. The van der Waals surface area contributed by atoms with Crippen LogP contribution in [0.1, 0.15) is 21.5 Å². The van der Waals surface area contributed by atoms with Gasteiger partial charge >= 0.3 is 5.69 Å². The quantitative estimate of drug-likeness (QED) is 0.512. The molecule has 0 unspecified atom stereocenters. The molecule has 0 saturated carbocycles. The normalized spacial score (nSPS) is 10.3. The SMILES string of the molecule is COCCn1c(NC(=O)c2ccc(C#N)cc2)c(NCc2ccccc2)c(=O)[nH]c1=O. The van der Waals surface area contributed by atoms with Crippen LogP contribution < -0.4 is 21.9 Å². The molecule has 0 aliphatic heterocycles. The van der Waals surface area contributed by atoms with E-state index < -0.39 is 17.2 Å². The minimum atomic E-state index is -0.664. The van der Waals surface area contributed by atoms with Gasteiger partial charge in [-0.05, 0) is 29.8 Å². The van der Waals surface area contributed by atoms with Crippen LogP contribution in [0.5, 0.6) is 0 Å². The summed E-state index contributed by atoms with van der Waals surface area (Å²) in [6.45, 7) is 0.630. The molecule has 0 aliphatic carbocycles. The number of nitrogens with zero attached hydrogens (tertiary/aromatic N) is 2. The minimum absolute atomic E-state index is 0.0380. The summed E-state index contributed by atoms with van der Waals surface area (Å²) in [5.41, 5.74) is 0.351. The fourth-order valence-electron chi connectivity index (χ4n) is 2.92. The summed E-state index contributed by atoms with van der Waals surface area (Å²) in [6.07, 6.45) is 0. The van der Waals surface area contributed by atoms with Gasteiger partial charge in [-0.15, -0.1) is 0 Å². The molecule has 2 aromatic carbocycles. The number of ether oxygens (including phenoxy) is 1. The van der Waals surface area contributed by atoms with Gasteiger partial charge in [0.2, 0.25) is 0 Å². The van der Waals surface area contributed by atoms with Crippen molar-refractivity contribution in [2.45, 2.75) is 13.1 Å². The number of aromatic amines is 1. The van der Waals surface area contributed by atoms with Crippen LogP contribution in [0.4, 0.5) is 11.5 Å². The number of amides is 1. The van der Waals surface area contributed by atoms with Gasteiger partial charge in [0.1, 0.15) is 11.5 Å². The van der Waals surface area contributed by atoms with E-state index in [0.717, 1.165) is 5.56 Å². The number of methoxy groups -OCH3 is 1. The minimum Gasteiger partial charge on any atom is -0.383 e. The lowest BCUT2D eigenvalue weighted by molar-refractivity contribution is 0.102. The summed E-state index contributed by atoms with van der Waals surface area (Å²) >= 11 is 0. The van der Waals surface area contributed by atoms with Crippen molar-refractivity contribution in [2.75, 3.05) is 24.4 Å². The fraction of sp³-hybridized carbons (Fsp3) is 0.182. The Hall–Kier alpha value is -4.16. The van der Waals surface area contributed by atoms with Crippen LogP contribution in [0.3, 0.4) is 0 Å². The second kappa shape index (κ2) is 10.0. The van der Waals surface area contributed by atoms with E-state index in [1.807, 2.05) is 36.4 Å². The predicted octanol–water partition coefficient (Wildman–Crippen LogP) is 1.92. The number of carbonyl (C=O) groups excluding carboxylic acids is 1. The number of aromatic nitrogens is 2. The smallest absolute Gasteiger partial charge is 0.330 e. The van der Waals surface area contributed by atoms with Crippen LogP contribution >= 0.6 is 0 Å². The van der Waals surface area contributed by atoms with Crippen molar-refractivity contribution in [3.63, 3.8) is 0 Å². The van der Waals surface area contributed by atoms with Crippen LogP contribution in [0.15, 0.2) is 64.2 Å². The van der Waals surface area contributed by atoms with E-state index in [2.05, 4.69) is 15.6 Å². The molecule has 1 amide bonds. The molecule has 0 atom stereocenters. The third kappa shape index (κ3) is 5.26. The molecule has 158 valence electrons. The maximum atomic E-state index is 12.8. The number of benzene rings is 2. The summed E-state index contributed by atoms with van der Waals surface area (Å²) in [5, 5.41) is 14.6. The lowest BCUT2D eigenvalue weighted by atomic mass is 10.1. The third-order valence-electron chi connectivity index (χ3n) is 4.54. The summed E-state index contributed by atoms with van der Waals surface area (Å²) < 4.78 is 6.29. The number of nitriles is 1. The van der Waals surface area contributed by atoms with Crippen LogP contribution in [-0.4, -0.2) is 29.2 Å². The van der Waals surface area contributed by atoms with E-state index in [1.54, 1.807) is 0 Å². The average molecular weight is 419 g/mol. The number of nitrogens with one attached hydrogen (secondary N) is 3. The summed E-state index contributed by atoms with van der Waals surface area (Å²) in [5.74, 6) is -0.487. The summed E-state index contributed by atoms with van der Waals surface area (Å²) in [4.78, 5) is 40.1. The Bertz CT molecular complexity index is 1210. The van der Waals surface area contributed by atoms with E-state index in [0.29, 0.717) is 12.1 Å². The zero-order valence-corrected chi connectivity index (χ0v) is 16.8. The molecule has 0 bridgehead atoms. The number of hydrogen-bond acceptors (Lipinski definition) is 6. The molecule has 1 heterocycles. The van der Waals surface area contributed by atoms with Gasteiger partial charge in [0.15, 0.2) is 0 Å². The molecule has 3 aromatic rings. The molecule has 0 saturated heterocycles. The standard InChI is InChI=1S/C22H21N5O4/c1-31-12-11-27-19(25-20(28)17-9-7-15(13-23)8-10-17)18(21(29)26-22(27)30)24-14-16-5-3-2-4-6-16/h2-10,24H,11-12,14H2,1H3,(H,25,28)(H,26,29,30). The van der Waals surface area contributed by atoms with Crippen molar-refractivity contribution in [3.8, 4) is 6.07 Å². The second-order valence-electron chi connectivity index (χ2n) is 6.61. The first-order chi connectivity index (χ1) is 15.0. The van der Waals surface area contributed by atoms with Crippen molar-refractivity contribution in [1.82, 2.24) is 9.55 Å². The first kappa shape index (κ1) is 21.5. The molecular formula is C22H21N5O4. The molecular weight excluding hydrogens is 398 g/mol. The van der Waals surface area contributed by atoms with E-state index in [9.17, 15) is 14.4 Å². The average Bonchev–Trinajstić information content (AvgIpc) is 2.79. The fourth-order valence-corrected chi connectivity index (χ4v) is 2.92. The van der Waals surface area contributed by atoms with Gasteiger partial charge < -0.3 is 15.4 Å². The first-order valence-electron chi connectivity index (χ1n) is 9.49. The van der Waals surface area contributed by atoms with E-state index >= 15 is 0 Å². The number of rotatable bonds is 8. The van der Waals surface area contributed by atoms with Gasteiger partial charge in [0, 0.05) is 19.2 Å². The van der Waals surface area contributed by atoms with Crippen LogP contribution in [-0.2, 0) is 17.8 Å². The zero-order valence-electron chi connectivity index (χ0n) is 16.8. The first-order valence-corrected chi connectivity index (χ1v) is 9.49. The summed E-state index contributed by atoms with van der Waals surface area (Å²) in [6, 6.07) is 17.4. The Kier molecular flexibility index (Phi) is 6.98. The van der Waals surface area contributed by atoms with Crippen LogP contribution in [0.2, 0.25) is 0 Å². The Morgan fingerprint density at radius 3 is 2.48 bits per heavy atom. The lowest BCUT2D eigenvalue weighted by Crippen LogP contribution is -2.36. The lowest BCUT2D eigenvalue weighted by Gasteiger charge is -2.18. The van der Waals surface area contributed by atoms with E-state index in [4.69, 9.17) is 10.00 Å². The molecule has 0 aliphatic rings. The Morgan fingerprint density at radius 2 is 1.84 bits per heavy atom. The highest BCUT2D eigenvalue weighted by Gasteiger charge is 2.18. The third-order valence-corrected chi connectivity index (χ3v) is 4.54. The molecule has 1 aromatic heterocycles. The Balaban J connectivity index is 1.98.